The Morgan fingerprint density at radius 1 is 1.07 bits per heavy atom. The van der Waals surface area contributed by atoms with Crippen molar-refractivity contribution >= 4 is 17.4 Å². The fourth-order valence-corrected chi connectivity index (χ4v) is 3.07. The molecule has 1 N–H and O–H groups in total. The molecule has 0 atom stereocenters. The van der Waals surface area contributed by atoms with E-state index in [1.54, 1.807) is 12.1 Å². The molecule has 0 aliphatic heterocycles. The summed E-state index contributed by atoms with van der Waals surface area (Å²) in [6, 6.07) is 13.9. The van der Waals surface area contributed by atoms with Crippen molar-refractivity contribution in [2.75, 3.05) is 0 Å². The van der Waals surface area contributed by atoms with Crippen LogP contribution >= 0.6 is 11.8 Å². The normalized spacial score (nSPS) is 10.9. The van der Waals surface area contributed by atoms with Crippen molar-refractivity contribution in [1.82, 2.24) is 25.4 Å². The number of nitrogens with one attached hydrogen (secondary N) is 1. The highest BCUT2D eigenvalue weighted by Gasteiger charge is 2.13. The van der Waals surface area contributed by atoms with Gasteiger partial charge in [-0.25, -0.2) is 4.98 Å². The van der Waals surface area contributed by atoms with Gasteiger partial charge >= 0.3 is 0 Å². The lowest BCUT2D eigenvalue weighted by Gasteiger charge is -1.96. The van der Waals surface area contributed by atoms with Gasteiger partial charge in [-0.2, -0.15) is 0 Å². The molecule has 4 rings (SSSR count). The minimum atomic E-state index is -0.457. The number of nitro benzene ring substituents is 1. The van der Waals surface area contributed by atoms with Crippen LogP contribution in [0.1, 0.15) is 11.5 Å². The first-order valence-corrected chi connectivity index (χ1v) is 9.26. The molecule has 140 valence electrons. The van der Waals surface area contributed by atoms with Gasteiger partial charge in [0.05, 0.1) is 10.7 Å². The monoisotopic (exact) mass is 394 g/mol. The minimum Gasteiger partial charge on any atom is -0.420 e. The summed E-state index contributed by atoms with van der Waals surface area (Å²) < 4.78 is 5.62. The van der Waals surface area contributed by atoms with Gasteiger partial charge in [-0.15, -0.1) is 15.3 Å². The Kier molecular flexibility index (Phi) is 4.85. The fraction of sp³-hybridized carbons (Fsp3) is 0.111. The number of nitro groups is 1. The van der Waals surface area contributed by atoms with Gasteiger partial charge in [0.2, 0.25) is 16.9 Å². The predicted octanol–water partition coefficient (Wildman–Crippen LogP) is 4.03. The molecule has 28 heavy (non-hydrogen) atoms. The van der Waals surface area contributed by atoms with Crippen LogP contribution in [0.5, 0.6) is 0 Å². The molecular weight excluding hydrogens is 380 g/mol. The molecule has 0 spiro atoms. The lowest BCUT2D eigenvalue weighted by atomic mass is 10.1. The van der Waals surface area contributed by atoms with Crippen LogP contribution in [0.2, 0.25) is 0 Å². The number of benzene rings is 2. The van der Waals surface area contributed by atoms with E-state index in [2.05, 4.69) is 25.4 Å². The molecule has 0 aliphatic carbocycles. The number of aromatic nitrogens is 5. The van der Waals surface area contributed by atoms with Crippen molar-refractivity contribution in [1.29, 1.82) is 0 Å². The van der Waals surface area contributed by atoms with E-state index in [-0.39, 0.29) is 5.69 Å². The summed E-state index contributed by atoms with van der Waals surface area (Å²) in [5, 5.41) is 26.4. The third kappa shape index (κ3) is 3.91. The van der Waals surface area contributed by atoms with Crippen LogP contribution in [-0.2, 0) is 5.75 Å². The average molecular weight is 394 g/mol. The first kappa shape index (κ1) is 17.9. The summed E-state index contributed by atoms with van der Waals surface area (Å²) in [6.45, 7) is 2.03. The Balaban J connectivity index is 1.41. The van der Waals surface area contributed by atoms with Crippen molar-refractivity contribution in [2.45, 2.75) is 17.8 Å². The summed E-state index contributed by atoms with van der Waals surface area (Å²) in [7, 11) is 0. The number of hydrogen-bond acceptors (Lipinski definition) is 8. The highest BCUT2D eigenvalue weighted by molar-refractivity contribution is 7.98. The number of thioether (sulfide) groups is 1. The van der Waals surface area contributed by atoms with Gasteiger partial charge in [0.25, 0.3) is 5.69 Å². The zero-order chi connectivity index (χ0) is 19.5. The molecule has 0 fully saturated rings. The lowest BCUT2D eigenvalue weighted by Crippen LogP contribution is -1.87. The molecule has 0 bridgehead atoms. The van der Waals surface area contributed by atoms with Crippen LogP contribution in [0.4, 0.5) is 5.69 Å². The van der Waals surface area contributed by atoms with Crippen molar-refractivity contribution < 1.29 is 9.34 Å². The molecule has 2 aromatic heterocycles. The maximum atomic E-state index is 10.7. The summed E-state index contributed by atoms with van der Waals surface area (Å²) in [5.41, 5.74) is 2.77. The van der Waals surface area contributed by atoms with E-state index in [0.29, 0.717) is 34.1 Å². The Morgan fingerprint density at radius 3 is 2.50 bits per heavy atom. The molecule has 2 aromatic carbocycles. The Morgan fingerprint density at radius 2 is 1.79 bits per heavy atom. The highest BCUT2D eigenvalue weighted by atomic mass is 32.2. The van der Waals surface area contributed by atoms with Crippen LogP contribution in [0.3, 0.4) is 0 Å². The fourth-order valence-electron chi connectivity index (χ4n) is 2.43. The largest absolute Gasteiger partial charge is 0.420 e. The number of H-pyrrole nitrogens is 1. The molecule has 4 aromatic rings. The zero-order valence-electron chi connectivity index (χ0n) is 14.7. The van der Waals surface area contributed by atoms with Crippen molar-refractivity contribution in [3.8, 4) is 22.8 Å². The van der Waals surface area contributed by atoms with Crippen molar-refractivity contribution in [3.63, 3.8) is 0 Å². The van der Waals surface area contributed by atoms with Crippen molar-refractivity contribution in [3.05, 3.63) is 70.1 Å². The van der Waals surface area contributed by atoms with E-state index in [0.717, 1.165) is 5.56 Å². The highest BCUT2D eigenvalue weighted by Crippen LogP contribution is 2.25. The second kappa shape index (κ2) is 7.61. The zero-order valence-corrected chi connectivity index (χ0v) is 15.5. The molecule has 9 nitrogen and oxygen atoms in total. The maximum Gasteiger partial charge on any atom is 0.269 e. The van der Waals surface area contributed by atoms with Gasteiger partial charge < -0.3 is 4.42 Å². The Hall–Kier alpha value is -3.53. The van der Waals surface area contributed by atoms with E-state index in [1.807, 2.05) is 31.2 Å². The van der Waals surface area contributed by atoms with E-state index in [9.17, 15) is 10.1 Å². The molecule has 0 saturated carbocycles. The summed E-state index contributed by atoms with van der Waals surface area (Å²) in [5.74, 6) is 1.83. The van der Waals surface area contributed by atoms with Gasteiger partial charge in [-0.05, 0) is 19.1 Å². The number of nitrogens with zero attached hydrogens (tertiary/aromatic N) is 5. The summed E-state index contributed by atoms with van der Waals surface area (Å²) >= 11 is 1.37. The Bertz CT molecular complexity index is 1110. The number of rotatable bonds is 6. The lowest BCUT2D eigenvalue weighted by molar-refractivity contribution is -0.384. The molecular formula is C18H14N6O3S. The molecule has 0 aliphatic rings. The van der Waals surface area contributed by atoms with Crippen LogP contribution in [0.25, 0.3) is 22.8 Å². The number of aryl methyl sites for hydroxylation is 1. The maximum absolute atomic E-state index is 10.7. The number of non-ortho nitro benzene ring substituents is 1. The van der Waals surface area contributed by atoms with Crippen LogP contribution in [-0.4, -0.2) is 30.3 Å². The van der Waals surface area contributed by atoms with E-state index in [1.165, 1.54) is 29.5 Å². The molecule has 2 heterocycles. The van der Waals surface area contributed by atoms with Crippen LogP contribution in [0.15, 0.2) is 58.1 Å². The summed E-state index contributed by atoms with van der Waals surface area (Å²) in [4.78, 5) is 14.7. The third-order valence-electron chi connectivity index (χ3n) is 3.91. The number of aromatic amines is 1. The molecule has 0 saturated heterocycles. The van der Waals surface area contributed by atoms with Gasteiger partial charge in [0, 0.05) is 23.3 Å². The van der Waals surface area contributed by atoms with Crippen molar-refractivity contribution in [2.24, 2.45) is 0 Å². The third-order valence-corrected chi connectivity index (χ3v) is 4.74. The van der Waals surface area contributed by atoms with Crippen LogP contribution < -0.4 is 0 Å². The van der Waals surface area contributed by atoms with Gasteiger partial charge in [-0.3, -0.25) is 15.2 Å². The van der Waals surface area contributed by atoms with Gasteiger partial charge in [0.1, 0.15) is 0 Å². The average Bonchev–Trinajstić information content (AvgIpc) is 3.37. The van der Waals surface area contributed by atoms with E-state index >= 15 is 0 Å². The number of hydrogen-bond donors (Lipinski definition) is 1. The smallest absolute Gasteiger partial charge is 0.269 e. The first-order chi connectivity index (χ1) is 13.6. The molecule has 0 amide bonds. The second-order valence-corrected chi connectivity index (χ2v) is 6.87. The quantitative estimate of drug-likeness (QED) is 0.295. The molecule has 0 radical (unpaired) electrons. The van der Waals surface area contributed by atoms with E-state index in [4.69, 9.17) is 4.42 Å². The first-order valence-electron chi connectivity index (χ1n) is 8.28. The van der Waals surface area contributed by atoms with Gasteiger partial charge in [-0.1, -0.05) is 41.6 Å². The predicted molar refractivity (Wildman–Crippen MR) is 103 cm³/mol. The molecule has 10 heteroatoms. The second-order valence-electron chi connectivity index (χ2n) is 5.93. The summed E-state index contributed by atoms with van der Waals surface area (Å²) in [6.07, 6.45) is 0. The standard InChI is InChI=1S/C18H14N6O3S/c1-11-2-4-12(5-3-11)16-19-18(23-21-16)28-10-15-20-22-17(27-15)13-6-8-14(9-7-13)24(25)26/h2-9H,10H2,1H3,(H,19,21,23). The molecule has 0 unspecified atom stereocenters. The topological polar surface area (TPSA) is 124 Å². The SMILES string of the molecule is Cc1ccc(-c2nc(SCc3nnc(-c4ccc([N+](=O)[O-])cc4)o3)n[nH]2)cc1. The minimum absolute atomic E-state index is 0.00744. The van der Waals surface area contributed by atoms with E-state index < -0.39 is 4.92 Å². The Labute approximate surface area is 163 Å². The van der Waals surface area contributed by atoms with Gasteiger partial charge in [0.15, 0.2) is 5.82 Å². The van der Waals surface area contributed by atoms with Crippen LogP contribution in [0, 0.1) is 17.0 Å².